The number of carbonyl (C=O) groups excluding carboxylic acids is 2. The second-order valence-corrected chi connectivity index (χ2v) is 10.7. The molecule has 3 aromatic rings. The van der Waals surface area contributed by atoms with E-state index in [4.69, 9.17) is 14.8 Å². The lowest BCUT2D eigenvalue weighted by Gasteiger charge is -2.31. The average Bonchev–Trinajstić information content (AvgIpc) is 3.29. The standard InChI is InChI=1S/C29H30FN3O6/c1-3-29(38)18-10-22-26-16(12-33(22)27(36)17(18)13-39-28(29)37)25-20(31-23(35)6-4-5-9-34)8-7-15-14(2)19(30)11-21(32-26)24(15)25/h10-11,20,34,38H,3-9,12-13H2,1-2H3,(H,31,35)/t20-,29-/m0/s1. The number of amides is 1. The van der Waals surface area contributed by atoms with Gasteiger partial charge >= 0.3 is 5.97 Å². The summed E-state index contributed by atoms with van der Waals surface area (Å²) in [6.45, 7) is 3.38. The molecule has 3 aliphatic rings. The predicted octanol–water partition coefficient (Wildman–Crippen LogP) is 2.79. The second kappa shape index (κ2) is 9.24. The topological polar surface area (TPSA) is 131 Å². The Morgan fingerprint density at radius 2 is 2.05 bits per heavy atom. The lowest BCUT2D eigenvalue weighted by molar-refractivity contribution is -0.172. The number of unbranched alkanes of at least 4 members (excludes halogenated alkanes) is 1. The van der Waals surface area contributed by atoms with Gasteiger partial charge in [0.25, 0.3) is 5.56 Å². The number of carbonyl (C=O) groups is 2. The van der Waals surface area contributed by atoms with Crippen LogP contribution >= 0.6 is 0 Å². The number of aliphatic hydroxyl groups is 2. The normalized spacial score (nSPS) is 20.8. The number of pyridine rings is 2. The lowest BCUT2D eigenvalue weighted by Crippen LogP contribution is -2.44. The first kappa shape index (κ1) is 25.6. The van der Waals surface area contributed by atoms with Crippen molar-refractivity contribution in [3.8, 4) is 11.4 Å². The highest BCUT2D eigenvalue weighted by Crippen LogP contribution is 2.45. The van der Waals surface area contributed by atoms with Crippen molar-refractivity contribution in [1.82, 2.24) is 14.9 Å². The highest BCUT2D eigenvalue weighted by atomic mass is 19.1. The number of halogens is 1. The van der Waals surface area contributed by atoms with Crippen LogP contribution in [0.1, 0.15) is 78.5 Å². The molecule has 3 N–H and O–H groups in total. The SMILES string of the molecule is CC[C@@]1(O)C(=O)OCc2c1cc1n(c2=O)Cc2c-1nc1cc(F)c(C)c3c1c2[C@@H](NC(=O)CCCCO)CC3. The van der Waals surface area contributed by atoms with Gasteiger partial charge in [0.05, 0.1) is 35.1 Å². The van der Waals surface area contributed by atoms with Crippen LogP contribution in [0.3, 0.4) is 0 Å². The van der Waals surface area contributed by atoms with Crippen LogP contribution in [-0.2, 0) is 39.5 Å². The van der Waals surface area contributed by atoms with Crippen LogP contribution in [-0.4, -0.2) is 38.2 Å². The lowest BCUT2D eigenvalue weighted by atomic mass is 9.81. The van der Waals surface area contributed by atoms with Crippen molar-refractivity contribution in [2.24, 2.45) is 0 Å². The molecule has 4 heterocycles. The van der Waals surface area contributed by atoms with E-state index in [0.29, 0.717) is 48.2 Å². The first-order valence-electron chi connectivity index (χ1n) is 13.4. The van der Waals surface area contributed by atoms with Crippen molar-refractivity contribution >= 4 is 22.8 Å². The molecule has 0 saturated carbocycles. The minimum atomic E-state index is -1.95. The van der Waals surface area contributed by atoms with E-state index >= 15 is 0 Å². The van der Waals surface area contributed by atoms with Crippen LogP contribution in [0.25, 0.3) is 22.3 Å². The molecule has 10 heteroatoms. The van der Waals surface area contributed by atoms with Crippen molar-refractivity contribution < 1.29 is 28.9 Å². The van der Waals surface area contributed by atoms with E-state index in [0.717, 1.165) is 22.1 Å². The average molecular weight is 536 g/mol. The Kier molecular flexibility index (Phi) is 6.07. The van der Waals surface area contributed by atoms with Gasteiger partial charge in [-0.2, -0.15) is 0 Å². The van der Waals surface area contributed by atoms with Crippen LogP contribution in [0.2, 0.25) is 0 Å². The summed E-state index contributed by atoms with van der Waals surface area (Å²) in [5, 5.41) is 24.2. The van der Waals surface area contributed by atoms with Gasteiger partial charge in [-0.1, -0.05) is 6.92 Å². The number of aliphatic hydroxyl groups excluding tert-OH is 1. The number of hydrogen-bond donors (Lipinski definition) is 3. The van der Waals surface area contributed by atoms with Crippen LogP contribution in [0, 0.1) is 12.7 Å². The Hall–Kier alpha value is -3.63. The molecule has 2 aromatic heterocycles. The van der Waals surface area contributed by atoms with Gasteiger partial charge < -0.3 is 24.8 Å². The Labute approximate surface area is 223 Å². The molecular weight excluding hydrogens is 505 g/mol. The van der Waals surface area contributed by atoms with Crippen LogP contribution in [0.5, 0.6) is 0 Å². The zero-order valence-corrected chi connectivity index (χ0v) is 21.9. The summed E-state index contributed by atoms with van der Waals surface area (Å²) in [6, 6.07) is 2.66. The molecule has 2 atom stereocenters. The third-order valence-corrected chi connectivity index (χ3v) is 8.53. The molecule has 1 amide bonds. The molecule has 0 radical (unpaired) electrons. The first-order valence-corrected chi connectivity index (χ1v) is 13.4. The molecule has 6 rings (SSSR count). The van der Waals surface area contributed by atoms with Gasteiger partial charge in [0, 0.05) is 35.6 Å². The van der Waals surface area contributed by atoms with Crippen molar-refractivity contribution in [3.05, 3.63) is 61.7 Å². The van der Waals surface area contributed by atoms with E-state index in [-0.39, 0.29) is 67.1 Å². The number of rotatable bonds is 6. The second-order valence-electron chi connectivity index (χ2n) is 10.7. The minimum absolute atomic E-state index is 0.0220. The minimum Gasteiger partial charge on any atom is -0.458 e. The van der Waals surface area contributed by atoms with Crippen molar-refractivity contribution in [1.29, 1.82) is 0 Å². The van der Waals surface area contributed by atoms with Gasteiger partial charge in [-0.15, -0.1) is 0 Å². The Bertz CT molecular complexity index is 1630. The Morgan fingerprint density at radius 3 is 2.79 bits per heavy atom. The summed E-state index contributed by atoms with van der Waals surface area (Å²) < 4.78 is 21.7. The van der Waals surface area contributed by atoms with Gasteiger partial charge in [0.2, 0.25) is 5.91 Å². The number of cyclic esters (lactones) is 1. The van der Waals surface area contributed by atoms with Crippen LogP contribution in [0.15, 0.2) is 16.9 Å². The molecule has 0 unspecified atom stereocenters. The zero-order valence-electron chi connectivity index (χ0n) is 21.9. The third kappa shape index (κ3) is 3.72. The highest BCUT2D eigenvalue weighted by Gasteiger charge is 2.46. The predicted molar refractivity (Wildman–Crippen MR) is 139 cm³/mol. The summed E-state index contributed by atoms with van der Waals surface area (Å²) in [7, 11) is 0. The molecule has 204 valence electrons. The number of nitrogens with zero attached hydrogens (tertiary/aromatic N) is 2. The number of esters is 1. The fourth-order valence-corrected chi connectivity index (χ4v) is 6.36. The van der Waals surface area contributed by atoms with E-state index in [1.165, 1.54) is 6.07 Å². The number of hydrogen-bond acceptors (Lipinski definition) is 7. The number of fused-ring (bicyclic) bond motifs is 5. The summed E-state index contributed by atoms with van der Waals surface area (Å²) >= 11 is 0. The van der Waals surface area contributed by atoms with Crippen molar-refractivity contribution in [2.45, 2.75) is 77.2 Å². The van der Waals surface area contributed by atoms with E-state index in [2.05, 4.69) is 5.32 Å². The van der Waals surface area contributed by atoms with Gasteiger partial charge in [0.15, 0.2) is 5.60 Å². The number of ether oxygens (including phenoxy) is 1. The molecule has 0 bridgehead atoms. The van der Waals surface area contributed by atoms with E-state index in [9.17, 15) is 23.9 Å². The third-order valence-electron chi connectivity index (χ3n) is 8.53. The molecule has 1 aromatic carbocycles. The highest BCUT2D eigenvalue weighted by molar-refractivity contribution is 5.94. The number of benzene rings is 1. The van der Waals surface area contributed by atoms with E-state index in [1.54, 1.807) is 24.5 Å². The van der Waals surface area contributed by atoms with Crippen molar-refractivity contribution in [3.63, 3.8) is 0 Å². The van der Waals surface area contributed by atoms with Gasteiger partial charge in [-0.3, -0.25) is 9.59 Å². The number of nitrogens with one attached hydrogen (secondary N) is 1. The molecule has 2 aliphatic heterocycles. The maximum atomic E-state index is 15.0. The molecular formula is C29H30FN3O6. The number of aryl methyl sites for hydroxylation is 1. The molecule has 0 fully saturated rings. The molecule has 1 aliphatic carbocycles. The quantitative estimate of drug-likeness (QED) is 0.256. The molecule has 39 heavy (non-hydrogen) atoms. The van der Waals surface area contributed by atoms with E-state index in [1.807, 2.05) is 0 Å². The summed E-state index contributed by atoms with van der Waals surface area (Å²) in [5.74, 6) is -1.31. The molecule has 0 spiro atoms. The summed E-state index contributed by atoms with van der Waals surface area (Å²) in [4.78, 5) is 43.8. The van der Waals surface area contributed by atoms with Crippen LogP contribution in [0.4, 0.5) is 4.39 Å². The monoisotopic (exact) mass is 535 g/mol. The Morgan fingerprint density at radius 1 is 1.26 bits per heavy atom. The maximum Gasteiger partial charge on any atom is 0.343 e. The first-order chi connectivity index (χ1) is 18.7. The largest absolute Gasteiger partial charge is 0.458 e. The van der Waals surface area contributed by atoms with Gasteiger partial charge in [-0.25, -0.2) is 14.2 Å². The maximum absolute atomic E-state index is 15.0. The fourth-order valence-electron chi connectivity index (χ4n) is 6.36. The number of aromatic nitrogens is 2. The summed E-state index contributed by atoms with van der Waals surface area (Å²) in [6.07, 6.45) is 2.54. The fraction of sp³-hybridized carbons (Fsp3) is 0.448. The van der Waals surface area contributed by atoms with Crippen LogP contribution < -0.4 is 10.9 Å². The smallest absolute Gasteiger partial charge is 0.343 e. The van der Waals surface area contributed by atoms with Gasteiger partial charge in [-0.05, 0) is 61.8 Å². The Balaban J connectivity index is 1.56. The summed E-state index contributed by atoms with van der Waals surface area (Å²) in [5.41, 5.74) is 2.46. The van der Waals surface area contributed by atoms with Crippen molar-refractivity contribution in [2.75, 3.05) is 6.61 Å². The molecule has 9 nitrogen and oxygen atoms in total. The molecule has 0 saturated heterocycles. The van der Waals surface area contributed by atoms with E-state index < -0.39 is 11.6 Å². The zero-order chi connectivity index (χ0) is 27.6. The van der Waals surface area contributed by atoms with Gasteiger partial charge in [0.1, 0.15) is 12.4 Å².